The third kappa shape index (κ3) is 3.69. The maximum absolute atomic E-state index is 11.0. The fourth-order valence-corrected chi connectivity index (χ4v) is 6.76. The van der Waals surface area contributed by atoms with E-state index in [1.807, 2.05) is 36.4 Å². The van der Waals surface area contributed by atoms with E-state index in [0.29, 0.717) is 11.1 Å². The van der Waals surface area contributed by atoms with E-state index in [0.717, 1.165) is 66.1 Å². The Balaban J connectivity index is 1.58. The van der Waals surface area contributed by atoms with Crippen molar-refractivity contribution < 1.29 is 0 Å². The molecule has 0 bridgehead atoms. The van der Waals surface area contributed by atoms with Crippen molar-refractivity contribution in [3.8, 4) is 34.6 Å². The summed E-state index contributed by atoms with van der Waals surface area (Å²) >= 11 is 0. The third-order valence-corrected chi connectivity index (χ3v) is 8.71. The van der Waals surface area contributed by atoms with Crippen LogP contribution in [0.5, 0.6) is 0 Å². The van der Waals surface area contributed by atoms with Gasteiger partial charge in [-0.05, 0) is 79.6 Å². The zero-order valence-electron chi connectivity index (χ0n) is 24.3. The minimum Gasteiger partial charge on any atom is -0.308 e. The number of fused-ring (bicyclic) bond motifs is 6. The minimum absolute atomic E-state index is 0.564. The second-order valence-corrected chi connectivity index (χ2v) is 11.4. The van der Waals surface area contributed by atoms with Crippen molar-refractivity contribution in [1.29, 1.82) is 10.5 Å². The van der Waals surface area contributed by atoms with E-state index in [9.17, 15) is 10.5 Å². The molecule has 0 aliphatic rings. The van der Waals surface area contributed by atoms with Gasteiger partial charge in [0.2, 0.25) is 0 Å². The van der Waals surface area contributed by atoms with Gasteiger partial charge in [-0.3, -0.25) is 0 Å². The largest absolute Gasteiger partial charge is 0.308 e. The lowest BCUT2D eigenvalue weighted by Crippen LogP contribution is -2.05. The Morgan fingerprint density at radius 1 is 0.477 bits per heavy atom. The Hall–Kier alpha value is -6.10. The first-order valence-electron chi connectivity index (χ1n) is 14.7. The first-order chi connectivity index (χ1) is 21.6. The SMILES string of the molecule is Cc1ccc2c(c1)c1ccccc1n2-c1cc(-c2ccccc2C#N)cc(-n2c3ccccc3c3cc(C)ccc32)c1C#N. The van der Waals surface area contributed by atoms with E-state index in [4.69, 9.17) is 0 Å². The first-order valence-corrected chi connectivity index (χ1v) is 14.7. The molecule has 2 heterocycles. The molecule has 0 unspecified atom stereocenters. The van der Waals surface area contributed by atoms with E-state index >= 15 is 0 Å². The minimum atomic E-state index is 0.564. The van der Waals surface area contributed by atoms with Crippen molar-refractivity contribution in [2.24, 2.45) is 0 Å². The molecule has 8 aromatic rings. The highest BCUT2D eigenvalue weighted by Gasteiger charge is 2.23. The lowest BCUT2D eigenvalue weighted by molar-refractivity contribution is 1.12. The molecule has 0 fully saturated rings. The van der Waals surface area contributed by atoms with Gasteiger partial charge in [0.15, 0.2) is 0 Å². The van der Waals surface area contributed by atoms with Crippen molar-refractivity contribution in [2.45, 2.75) is 13.8 Å². The summed E-state index contributed by atoms with van der Waals surface area (Å²) in [7, 11) is 0. The molecule has 44 heavy (non-hydrogen) atoms. The van der Waals surface area contributed by atoms with Gasteiger partial charge in [-0.15, -0.1) is 0 Å². The highest BCUT2D eigenvalue weighted by molar-refractivity contribution is 6.11. The number of hydrogen-bond acceptors (Lipinski definition) is 2. The third-order valence-electron chi connectivity index (χ3n) is 8.71. The normalized spacial score (nSPS) is 11.4. The molecule has 0 saturated heterocycles. The van der Waals surface area contributed by atoms with E-state index < -0.39 is 0 Å². The molecule has 8 rings (SSSR count). The molecule has 0 N–H and O–H groups in total. The predicted octanol–water partition coefficient (Wildman–Crippen LogP) is 9.91. The second-order valence-electron chi connectivity index (χ2n) is 11.4. The number of aryl methyl sites for hydroxylation is 2. The van der Waals surface area contributed by atoms with Crippen molar-refractivity contribution in [2.75, 3.05) is 0 Å². The number of benzene rings is 6. The number of hydrogen-bond donors (Lipinski definition) is 0. The maximum atomic E-state index is 11.0. The maximum Gasteiger partial charge on any atom is 0.104 e. The van der Waals surface area contributed by atoms with Gasteiger partial charge in [0.05, 0.1) is 45.1 Å². The average Bonchev–Trinajstić information content (AvgIpc) is 3.56. The summed E-state index contributed by atoms with van der Waals surface area (Å²) in [6.45, 7) is 4.21. The summed E-state index contributed by atoms with van der Waals surface area (Å²) < 4.78 is 4.42. The zero-order valence-corrected chi connectivity index (χ0v) is 24.3. The van der Waals surface area contributed by atoms with Gasteiger partial charge in [-0.2, -0.15) is 10.5 Å². The Labute approximate surface area is 254 Å². The molecule has 6 aromatic carbocycles. The quantitative estimate of drug-likeness (QED) is 0.215. The van der Waals surface area contributed by atoms with Crippen LogP contribution >= 0.6 is 0 Å². The molecule has 206 valence electrons. The highest BCUT2D eigenvalue weighted by atomic mass is 15.0. The molecule has 0 saturated carbocycles. The van der Waals surface area contributed by atoms with Crippen molar-refractivity contribution >= 4 is 43.6 Å². The summed E-state index contributed by atoms with van der Waals surface area (Å²) in [5.74, 6) is 0. The van der Waals surface area contributed by atoms with Gasteiger partial charge in [-0.1, -0.05) is 77.9 Å². The Morgan fingerprint density at radius 3 is 1.48 bits per heavy atom. The molecule has 4 nitrogen and oxygen atoms in total. The molecular formula is C40H26N4. The average molecular weight is 563 g/mol. The van der Waals surface area contributed by atoms with Crippen LogP contribution in [0.15, 0.2) is 121 Å². The lowest BCUT2D eigenvalue weighted by Gasteiger charge is -2.18. The van der Waals surface area contributed by atoms with Crippen LogP contribution in [0.2, 0.25) is 0 Å². The smallest absolute Gasteiger partial charge is 0.104 e. The number of aromatic nitrogens is 2. The van der Waals surface area contributed by atoms with Crippen molar-refractivity contribution in [3.63, 3.8) is 0 Å². The Bertz CT molecular complexity index is 2410. The molecule has 0 spiro atoms. The van der Waals surface area contributed by atoms with Gasteiger partial charge in [0, 0.05) is 21.5 Å². The van der Waals surface area contributed by atoms with Gasteiger partial charge in [0.1, 0.15) is 11.6 Å². The summed E-state index contributed by atoms with van der Waals surface area (Å²) in [6.07, 6.45) is 0. The van der Waals surface area contributed by atoms with Crippen molar-refractivity contribution in [3.05, 3.63) is 144 Å². The van der Waals surface area contributed by atoms with Crippen LogP contribution in [0.3, 0.4) is 0 Å². The number of rotatable bonds is 3. The zero-order chi connectivity index (χ0) is 29.9. The van der Waals surface area contributed by atoms with Crippen LogP contribution < -0.4 is 0 Å². The second kappa shape index (κ2) is 9.73. The number of nitrogens with zero attached hydrogens (tertiary/aromatic N) is 4. The monoisotopic (exact) mass is 562 g/mol. The fraction of sp³-hybridized carbons (Fsp3) is 0.0500. The molecule has 0 aliphatic heterocycles. The summed E-state index contributed by atoms with van der Waals surface area (Å²) in [5, 5.41) is 25.6. The molecule has 0 amide bonds. The first kappa shape index (κ1) is 25.6. The standard InChI is InChI=1S/C40H26N4/c1-25-15-17-37-32(19-25)30-11-5-7-13-35(30)43(37)39-21-28(29-10-4-3-9-27(29)23-41)22-40(34(39)24-42)44-36-14-8-6-12-31(36)33-20-26(2)16-18-38(33)44/h3-22H,1-2H3. The lowest BCUT2D eigenvalue weighted by atomic mass is 9.96. The van der Waals surface area contributed by atoms with E-state index in [1.54, 1.807) is 0 Å². The van der Waals surface area contributed by atoms with E-state index in [2.05, 4.69) is 120 Å². The summed E-state index contributed by atoms with van der Waals surface area (Å²) in [6, 6.07) is 46.5. The van der Waals surface area contributed by atoms with Crippen LogP contribution in [-0.2, 0) is 0 Å². The van der Waals surface area contributed by atoms with Crippen molar-refractivity contribution in [1.82, 2.24) is 9.13 Å². The summed E-state index contributed by atoms with van der Waals surface area (Å²) in [5.41, 5.74) is 10.9. The fourth-order valence-electron chi connectivity index (χ4n) is 6.76. The highest BCUT2D eigenvalue weighted by Crippen LogP contribution is 2.40. The molecule has 0 radical (unpaired) electrons. The van der Waals surface area contributed by atoms with Crippen LogP contribution in [0.25, 0.3) is 66.1 Å². The van der Waals surface area contributed by atoms with Gasteiger partial charge < -0.3 is 9.13 Å². The van der Waals surface area contributed by atoms with Crippen LogP contribution in [0, 0.1) is 36.5 Å². The number of para-hydroxylation sites is 2. The molecule has 0 atom stereocenters. The number of nitriles is 2. The molecule has 0 aliphatic carbocycles. The molecule has 4 heteroatoms. The predicted molar refractivity (Wildman–Crippen MR) is 179 cm³/mol. The molecule has 2 aromatic heterocycles. The van der Waals surface area contributed by atoms with E-state index in [1.165, 1.54) is 11.1 Å². The van der Waals surface area contributed by atoms with Crippen LogP contribution in [-0.4, -0.2) is 9.13 Å². The van der Waals surface area contributed by atoms with Gasteiger partial charge in [-0.25, -0.2) is 0 Å². The Kier molecular flexibility index (Phi) is 5.66. The van der Waals surface area contributed by atoms with Crippen LogP contribution in [0.4, 0.5) is 0 Å². The van der Waals surface area contributed by atoms with Gasteiger partial charge in [0.25, 0.3) is 0 Å². The Morgan fingerprint density at radius 2 is 0.955 bits per heavy atom. The molecular weight excluding hydrogens is 536 g/mol. The topological polar surface area (TPSA) is 57.4 Å². The van der Waals surface area contributed by atoms with Crippen LogP contribution in [0.1, 0.15) is 22.3 Å². The summed E-state index contributed by atoms with van der Waals surface area (Å²) in [4.78, 5) is 0. The van der Waals surface area contributed by atoms with E-state index in [-0.39, 0.29) is 0 Å². The van der Waals surface area contributed by atoms with Gasteiger partial charge >= 0.3 is 0 Å².